The molecule has 0 aliphatic carbocycles. The van der Waals surface area contributed by atoms with Crippen molar-refractivity contribution in [3.63, 3.8) is 0 Å². The number of hydrogen-bond donors (Lipinski definition) is 0. The first-order valence-corrected chi connectivity index (χ1v) is 33.0. The molecule has 68 heavy (non-hydrogen) atoms. The van der Waals surface area contributed by atoms with Gasteiger partial charge in [0.15, 0.2) is 0 Å². The van der Waals surface area contributed by atoms with E-state index in [0.29, 0.717) is 16.2 Å². The zero-order chi connectivity index (χ0) is 50.3. The Morgan fingerprint density at radius 3 is 0.765 bits per heavy atom. The van der Waals surface area contributed by atoms with Gasteiger partial charge in [-0.3, -0.25) is 0 Å². The fraction of sp³-hybridized carbons (Fsp3) is 1.00. The van der Waals surface area contributed by atoms with E-state index in [1.54, 1.807) is 0 Å². The second-order valence-corrected chi connectivity index (χ2v) is 25.9. The molecule has 4 atom stereocenters. The lowest BCUT2D eigenvalue weighted by molar-refractivity contribution is -0.116. The van der Waals surface area contributed by atoms with Crippen molar-refractivity contribution in [2.24, 2.45) is 34.0 Å². The first-order chi connectivity index (χ1) is 33.0. The predicted molar refractivity (Wildman–Crippen MR) is 316 cm³/mol. The molecular formula is C68H138. The zero-order valence-corrected chi connectivity index (χ0v) is 50.3. The van der Waals surface area contributed by atoms with Gasteiger partial charge in [-0.25, -0.2) is 0 Å². The molecule has 0 nitrogen and oxygen atoms in total. The van der Waals surface area contributed by atoms with Crippen LogP contribution in [-0.2, 0) is 0 Å². The van der Waals surface area contributed by atoms with Crippen LogP contribution < -0.4 is 0 Å². The Morgan fingerprint density at radius 2 is 0.485 bits per heavy atom. The molecule has 0 saturated carbocycles. The van der Waals surface area contributed by atoms with E-state index in [1.165, 1.54) is 327 Å². The van der Waals surface area contributed by atoms with Gasteiger partial charge in [0.1, 0.15) is 0 Å². The van der Waals surface area contributed by atoms with E-state index in [-0.39, 0.29) is 0 Å². The van der Waals surface area contributed by atoms with Crippen molar-refractivity contribution in [2.45, 2.75) is 404 Å². The van der Waals surface area contributed by atoms with Crippen LogP contribution in [0.5, 0.6) is 0 Å². The molecule has 0 aromatic rings. The third-order valence-corrected chi connectivity index (χ3v) is 17.7. The summed E-state index contributed by atoms with van der Waals surface area (Å²) in [6.45, 7) is 28.0. The standard InChI is InChI=1S/C68H138/c1-12-18-24-30-36-40-45-51-57-63(56-50-44-39-33-27-21-15-4)65(60-54-48-42-38-32-26-20-14-3)68(67(10,11)62-66(7,8)9,61-55-49-43-34-28-22-16-5)64(58-52-46-35-29-23-17-6)59-53-47-41-37-31-25-19-13-2/h63-65H,12-62H2,1-11H3. The summed E-state index contributed by atoms with van der Waals surface area (Å²) in [5, 5.41) is 0. The molecule has 0 radical (unpaired) electrons. The highest BCUT2D eigenvalue weighted by Gasteiger charge is 2.55. The Balaban J connectivity index is 7.60. The molecule has 4 unspecified atom stereocenters. The molecule has 0 saturated heterocycles. The SMILES string of the molecule is CCCCCCCCCCC(CCCCCCCCC)C(CCCCCCCCCC)C(CCCCCCCCC)(C(CCCCCCCC)CCCCCCCCCC)C(C)(C)CC(C)(C)C. The quantitative estimate of drug-likeness (QED) is 0.0533. The molecule has 0 rings (SSSR count). The van der Waals surface area contributed by atoms with Crippen LogP contribution >= 0.6 is 0 Å². The van der Waals surface area contributed by atoms with Crippen LogP contribution in [0.25, 0.3) is 0 Å². The van der Waals surface area contributed by atoms with Gasteiger partial charge < -0.3 is 0 Å². The Bertz CT molecular complexity index is 967. The Morgan fingerprint density at radius 1 is 0.250 bits per heavy atom. The summed E-state index contributed by atoms with van der Waals surface area (Å²) < 4.78 is 0. The molecule has 0 aliphatic rings. The fourth-order valence-corrected chi connectivity index (χ4v) is 14.2. The van der Waals surface area contributed by atoms with E-state index >= 15 is 0 Å². The normalized spacial score (nSPS) is 14.7. The minimum absolute atomic E-state index is 0.322. The molecule has 0 aromatic carbocycles. The lowest BCUT2D eigenvalue weighted by Gasteiger charge is -2.60. The van der Waals surface area contributed by atoms with Crippen LogP contribution in [0.1, 0.15) is 404 Å². The Kier molecular flexibility index (Phi) is 48.0. The average Bonchev–Trinajstić information content (AvgIpc) is 3.30. The highest BCUT2D eigenvalue weighted by molar-refractivity contribution is 5.04. The largest absolute Gasteiger partial charge is 0.0654 e. The highest BCUT2D eigenvalue weighted by atomic mass is 14.6. The predicted octanol–water partition coefficient (Wildman–Crippen LogP) is 25.9. The van der Waals surface area contributed by atoms with Crippen molar-refractivity contribution in [3.05, 3.63) is 0 Å². The van der Waals surface area contributed by atoms with Crippen molar-refractivity contribution < 1.29 is 0 Å². The van der Waals surface area contributed by atoms with Gasteiger partial charge >= 0.3 is 0 Å². The Labute approximate surface area is 435 Å². The summed E-state index contributed by atoms with van der Waals surface area (Å²) in [5.41, 5.74) is 1.08. The van der Waals surface area contributed by atoms with Crippen molar-refractivity contribution >= 4 is 0 Å². The van der Waals surface area contributed by atoms with E-state index < -0.39 is 0 Å². The van der Waals surface area contributed by atoms with Crippen LogP contribution in [-0.4, -0.2) is 0 Å². The molecule has 0 spiro atoms. The van der Waals surface area contributed by atoms with Gasteiger partial charge in [-0.2, -0.15) is 0 Å². The highest BCUT2D eigenvalue weighted by Crippen LogP contribution is 2.64. The average molecular weight is 956 g/mol. The van der Waals surface area contributed by atoms with E-state index in [1.807, 2.05) is 0 Å². The second kappa shape index (κ2) is 48.0. The lowest BCUT2D eigenvalue weighted by atomic mass is 9.44. The molecule has 0 heterocycles. The minimum atomic E-state index is 0.322. The number of unbranched alkanes of at least 4 members (excludes halogenated alkanes) is 38. The maximum absolute atomic E-state index is 2.91. The van der Waals surface area contributed by atoms with E-state index in [4.69, 9.17) is 0 Å². The van der Waals surface area contributed by atoms with E-state index in [0.717, 1.165) is 17.8 Å². The van der Waals surface area contributed by atoms with Gasteiger partial charge in [0.25, 0.3) is 0 Å². The first-order valence-electron chi connectivity index (χ1n) is 33.0. The summed E-state index contributed by atoms with van der Waals surface area (Å²) in [6, 6.07) is 0. The van der Waals surface area contributed by atoms with Crippen molar-refractivity contribution in [1.29, 1.82) is 0 Å². The summed E-state index contributed by atoms with van der Waals surface area (Å²) in [6.07, 6.45) is 74.5. The minimum Gasteiger partial charge on any atom is -0.0654 e. The number of rotatable bonds is 55. The summed E-state index contributed by atoms with van der Waals surface area (Å²) in [4.78, 5) is 0. The van der Waals surface area contributed by atoms with Crippen molar-refractivity contribution in [3.8, 4) is 0 Å². The topological polar surface area (TPSA) is 0 Å². The van der Waals surface area contributed by atoms with Crippen LogP contribution in [0.2, 0.25) is 0 Å². The maximum Gasteiger partial charge on any atom is -0.0187 e. The molecule has 0 aliphatic heterocycles. The molecule has 0 aromatic heterocycles. The third-order valence-electron chi connectivity index (χ3n) is 17.7. The molecule has 0 amide bonds. The van der Waals surface area contributed by atoms with Gasteiger partial charge in [0.2, 0.25) is 0 Å². The van der Waals surface area contributed by atoms with Gasteiger partial charge in [-0.05, 0) is 66.1 Å². The fourth-order valence-electron chi connectivity index (χ4n) is 14.2. The van der Waals surface area contributed by atoms with Gasteiger partial charge in [-0.1, -0.05) is 372 Å². The second-order valence-electron chi connectivity index (χ2n) is 25.9. The Hall–Kier alpha value is 0. The van der Waals surface area contributed by atoms with Crippen LogP contribution in [0.15, 0.2) is 0 Å². The zero-order valence-electron chi connectivity index (χ0n) is 50.3. The molecular weight excluding hydrogens is 817 g/mol. The van der Waals surface area contributed by atoms with Crippen molar-refractivity contribution in [1.82, 2.24) is 0 Å². The summed E-state index contributed by atoms with van der Waals surface area (Å²) in [5.74, 6) is 2.66. The van der Waals surface area contributed by atoms with E-state index in [2.05, 4.69) is 76.2 Å². The third kappa shape index (κ3) is 36.0. The van der Waals surface area contributed by atoms with Crippen molar-refractivity contribution in [2.75, 3.05) is 0 Å². The van der Waals surface area contributed by atoms with Gasteiger partial charge in [0, 0.05) is 0 Å². The van der Waals surface area contributed by atoms with Crippen LogP contribution in [0, 0.1) is 34.0 Å². The molecule has 0 heteroatoms. The van der Waals surface area contributed by atoms with E-state index in [9.17, 15) is 0 Å². The van der Waals surface area contributed by atoms with Crippen LogP contribution in [0.4, 0.5) is 0 Å². The first kappa shape index (κ1) is 68.0. The van der Waals surface area contributed by atoms with Gasteiger partial charge in [-0.15, -0.1) is 0 Å². The lowest BCUT2D eigenvalue weighted by Crippen LogP contribution is -2.53. The maximum atomic E-state index is 2.91. The summed E-state index contributed by atoms with van der Waals surface area (Å²) >= 11 is 0. The van der Waals surface area contributed by atoms with Gasteiger partial charge in [0.05, 0.1) is 0 Å². The molecule has 0 N–H and O–H groups in total. The molecule has 410 valence electrons. The monoisotopic (exact) mass is 955 g/mol. The smallest absolute Gasteiger partial charge is 0.0187 e. The van der Waals surface area contributed by atoms with Crippen LogP contribution in [0.3, 0.4) is 0 Å². The molecule has 0 bridgehead atoms. The number of hydrogen-bond acceptors (Lipinski definition) is 0. The summed E-state index contributed by atoms with van der Waals surface area (Å²) in [7, 11) is 0. The molecule has 0 fully saturated rings.